The van der Waals surface area contributed by atoms with Gasteiger partial charge in [0.05, 0.1) is 5.69 Å². The fourth-order valence-corrected chi connectivity index (χ4v) is 3.56. The van der Waals surface area contributed by atoms with Crippen LogP contribution in [0.25, 0.3) is 28.2 Å². The monoisotopic (exact) mass is 455 g/mol. The number of nitrogens with zero attached hydrogens (tertiary/aromatic N) is 3. The zero-order chi connectivity index (χ0) is 23.7. The van der Waals surface area contributed by atoms with E-state index in [0.717, 1.165) is 5.56 Å². The second-order valence-corrected chi connectivity index (χ2v) is 7.50. The van der Waals surface area contributed by atoms with Gasteiger partial charge in [-0.05, 0) is 54.1 Å². The van der Waals surface area contributed by atoms with Crippen molar-refractivity contribution in [2.24, 2.45) is 5.73 Å². The molecular weight excluding hydrogens is 437 g/mol. The Kier molecular flexibility index (Phi) is 5.35. The molecule has 1 amide bonds. The van der Waals surface area contributed by atoms with Crippen LogP contribution in [0.4, 0.5) is 4.39 Å². The second kappa shape index (κ2) is 8.62. The van der Waals surface area contributed by atoms with Gasteiger partial charge in [0.1, 0.15) is 23.7 Å². The van der Waals surface area contributed by atoms with Gasteiger partial charge in [-0.15, -0.1) is 0 Å². The quantitative estimate of drug-likeness (QED) is 0.406. The molecule has 3 N–H and O–H groups in total. The van der Waals surface area contributed by atoms with Gasteiger partial charge in [-0.25, -0.2) is 23.7 Å². The number of primary amides is 1. The van der Waals surface area contributed by atoms with Gasteiger partial charge in [0, 0.05) is 5.56 Å². The minimum Gasteiger partial charge on any atom is -0.489 e. The Morgan fingerprint density at radius 1 is 0.971 bits per heavy atom. The van der Waals surface area contributed by atoms with Gasteiger partial charge in [0.25, 0.3) is 5.91 Å². The van der Waals surface area contributed by atoms with Gasteiger partial charge < -0.3 is 15.5 Å². The van der Waals surface area contributed by atoms with Crippen molar-refractivity contribution in [1.82, 2.24) is 19.5 Å². The van der Waals surface area contributed by atoms with Crippen molar-refractivity contribution in [3.63, 3.8) is 0 Å². The zero-order valence-electron chi connectivity index (χ0n) is 17.7. The van der Waals surface area contributed by atoms with Crippen LogP contribution >= 0.6 is 0 Å². The number of carbonyl (C=O) groups is 1. The first kappa shape index (κ1) is 21.1. The number of halogens is 1. The maximum atomic E-state index is 13.4. The molecular formula is C25H18FN5O3. The molecule has 5 aromatic rings. The van der Waals surface area contributed by atoms with Crippen molar-refractivity contribution in [2.45, 2.75) is 6.61 Å². The van der Waals surface area contributed by atoms with Crippen molar-refractivity contribution in [1.29, 1.82) is 0 Å². The number of hydrogen-bond acceptors (Lipinski definition) is 5. The van der Waals surface area contributed by atoms with Crippen molar-refractivity contribution in [3.05, 3.63) is 106 Å². The average molecular weight is 455 g/mol. The summed E-state index contributed by atoms with van der Waals surface area (Å²) in [5.74, 6) is -0.414. The molecule has 2 aromatic heterocycles. The summed E-state index contributed by atoms with van der Waals surface area (Å²) in [6.45, 7) is 0.418. The first-order valence-electron chi connectivity index (χ1n) is 10.4. The number of imidazole rings is 1. The number of amides is 1. The molecule has 0 bridgehead atoms. The molecule has 0 spiro atoms. The summed E-state index contributed by atoms with van der Waals surface area (Å²) in [7, 11) is 0. The number of carbonyl (C=O) groups excluding carboxylic acids is 1. The van der Waals surface area contributed by atoms with Crippen LogP contribution < -0.4 is 16.2 Å². The lowest BCUT2D eigenvalue weighted by molar-refractivity contribution is 0.0997. The highest BCUT2D eigenvalue weighted by atomic mass is 19.1. The standard InChI is InChI=1S/C25H18FN5O3/c26-17-8-10-18(11-9-17)31-24-21(29-25(31)33)20(22(27)32)28-23(30-24)16-6-12-19(13-7-16)34-14-15-4-2-1-3-5-15/h1-13H,14H2,(H2,27,32)(H,29,33). The maximum Gasteiger partial charge on any atom is 0.332 e. The normalized spacial score (nSPS) is 11.0. The SMILES string of the molecule is NC(=O)c1nc(-c2ccc(OCc3ccccc3)cc2)nc2c1[nH]c(=O)n2-c1ccc(F)cc1. The number of H-pyrrole nitrogens is 1. The third kappa shape index (κ3) is 4.02. The molecule has 0 saturated carbocycles. The summed E-state index contributed by atoms with van der Waals surface area (Å²) >= 11 is 0. The number of fused-ring (bicyclic) bond motifs is 1. The number of ether oxygens (including phenoxy) is 1. The highest BCUT2D eigenvalue weighted by Crippen LogP contribution is 2.24. The van der Waals surface area contributed by atoms with E-state index in [4.69, 9.17) is 10.5 Å². The van der Waals surface area contributed by atoms with Crippen molar-refractivity contribution < 1.29 is 13.9 Å². The van der Waals surface area contributed by atoms with E-state index in [1.54, 1.807) is 24.3 Å². The van der Waals surface area contributed by atoms with Gasteiger partial charge in [-0.2, -0.15) is 0 Å². The Morgan fingerprint density at radius 2 is 1.68 bits per heavy atom. The minimum absolute atomic E-state index is 0.105. The lowest BCUT2D eigenvalue weighted by Gasteiger charge is -2.09. The van der Waals surface area contributed by atoms with Crippen LogP contribution in [0.3, 0.4) is 0 Å². The number of aromatic amines is 1. The molecule has 0 aliphatic rings. The van der Waals surface area contributed by atoms with E-state index in [1.165, 1.54) is 28.8 Å². The molecule has 0 radical (unpaired) electrons. The molecule has 34 heavy (non-hydrogen) atoms. The molecule has 0 saturated heterocycles. The van der Waals surface area contributed by atoms with Gasteiger partial charge in [0.2, 0.25) is 0 Å². The van der Waals surface area contributed by atoms with Crippen LogP contribution in [0.15, 0.2) is 83.7 Å². The number of nitrogens with one attached hydrogen (secondary N) is 1. The Hall–Kier alpha value is -4.79. The van der Waals surface area contributed by atoms with Gasteiger partial charge >= 0.3 is 5.69 Å². The van der Waals surface area contributed by atoms with Gasteiger partial charge in [0.15, 0.2) is 17.2 Å². The summed E-state index contributed by atoms with van der Waals surface area (Å²) in [5, 5.41) is 0. The topological polar surface area (TPSA) is 116 Å². The van der Waals surface area contributed by atoms with E-state index in [0.29, 0.717) is 23.6 Å². The lowest BCUT2D eigenvalue weighted by Crippen LogP contribution is -2.15. The Bertz CT molecular complexity index is 1540. The number of rotatable bonds is 6. The Labute approximate surface area is 192 Å². The molecule has 0 atom stereocenters. The van der Waals surface area contributed by atoms with Crippen LogP contribution in [-0.2, 0) is 6.61 Å². The molecule has 0 aliphatic heterocycles. The highest BCUT2D eigenvalue weighted by Gasteiger charge is 2.20. The predicted octanol–water partition coefficient (Wildman–Crippen LogP) is 3.59. The molecule has 0 fully saturated rings. The maximum absolute atomic E-state index is 13.4. The summed E-state index contributed by atoms with van der Waals surface area (Å²) < 4.78 is 20.4. The zero-order valence-corrected chi connectivity index (χ0v) is 17.7. The van der Waals surface area contributed by atoms with Crippen molar-refractivity contribution in [3.8, 4) is 22.8 Å². The summed E-state index contributed by atoms with van der Waals surface area (Å²) in [4.78, 5) is 36.1. The number of aromatic nitrogens is 4. The molecule has 2 heterocycles. The van der Waals surface area contributed by atoms with Crippen LogP contribution in [0.5, 0.6) is 5.75 Å². The van der Waals surface area contributed by atoms with E-state index in [-0.39, 0.29) is 22.7 Å². The Morgan fingerprint density at radius 3 is 2.35 bits per heavy atom. The molecule has 3 aromatic carbocycles. The molecule has 5 rings (SSSR count). The molecule has 0 unspecified atom stereocenters. The third-order valence-corrected chi connectivity index (χ3v) is 5.22. The largest absolute Gasteiger partial charge is 0.489 e. The summed E-state index contributed by atoms with van der Waals surface area (Å²) in [6.07, 6.45) is 0. The minimum atomic E-state index is -0.816. The summed E-state index contributed by atoms with van der Waals surface area (Å²) in [6, 6.07) is 22.1. The van der Waals surface area contributed by atoms with Gasteiger partial charge in [-0.3, -0.25) is 4.79 Å². The Balaban J connectivity index is 1.54. The van der Waals surface area contributed by atoms with Crippen molar-refractivity contribution >= 4 is 17.1 Å². The fraction of sp³-hybridized carbons (Fsp3) is 0.0400. The lowest BCUT2D eigenvalue weighted by atomic mass is 10.2. The number of benzene rings is 3. The van der Waals surface area contributed by atoms with Crippen LogP contribution in [0, 0.1) is 5.82 Å². The second-order valence-electron chi connectivity index (χ2n) is 7.50. The average Bonchev–Trinajstić information content (AvgIpc) is 3.19. The molecule has 8 nitrogen and oxygen atoms in total. The predicted molar refractivity (Wildman–Crippen MR) is 124 cm³/mol. The van der Waals surface area contributed by atoms with E-state index >= 15 is 0 Å². The van der Waals surface area contributed by atoms with Gasteiger partial charge in [-0.1, -0.05) is 30.3 Å². The molecule has 168 valence electrons. The molecule has 0 aliphatic carbocycles. The first-order chi connectivity index (χ1) is 16.5. The van der Waals surface area contributed by atoms with Crippen molar-refractivity contribution in [2.75, 3.05) is 0 Å². The van der Waals surface area contributed by atoms with E-state index in [1.807, 2.05) is 30.3 Å². The van der Waals surface area contributed by atoms with Crippen LogP contribution in [0.2, 0.25) is 0 Å². The van der Waals surface area contributed by atoms with E-state index in [9.17, 15) is 14.0 Å². The smallest absolute Gasteiger partial charge is 0.332 e. The first-order valence-corrected chi connectivity index (χ1v) is 10.4. The fourth-order valence-electron chi connectivity index (χ4n) is 3.56. The van der Waals surface area contributed by atoms with E-state index in [2.05, 4.69) is 15.0 Å². The summed E-state index contributed by atoms with van der Waals surface area (Å²) in [5.41, 5.74) is 7.12. The number of hydrogen-bond donors (Lipinski definition) is 2. The number of nitrogens with two attached hydrogens (primary N) is 1. The highest BCUT2D eigenvalue weighted by molar-refractivity contribution is 6.02. The third-order valence-electron chi connectivity index (χ3n) is 5.22. The molecule has 9 heteroatoms. The van der Waals surface area contributed by atoms with E-state index < -0.39 is 17.4 Å². The van der Waals surface area contributed by atoms with Crippen LogP contribution in [-0.4, -0.2) is 25.4 Å². The van der Waals surface area contributed by atoms with Crippen LogP contribution in [0.1, 0.15) is 16.1 Å².